The van der Waals surface area contributed by atoms with Crippen LogP contribution in [0.4, 0.5) is 0 Å². The molecule has 0 radical (unpaired) electrons. The van der Waals surface area contributed by atoms with Gasteiger partial charge in [-0.2, -0.15) is 5.10 Å². The smallest absolute Gasteiger partial charge is 0.194 e. The molecule has 0 aliphatic carbocycles. The zero-order valence-electron chi connectivity index (χ0n) is 16.0. The molecule has 0 unspecified atom stereocenters. The number of hydrogen-bond donors (Lipinski definition) is 1. The minimum absolute atomic E-state index is 0.142. The summed E-state index contributed by atoms with van der Waals surface area (Å²) in [5.74, 6) is 1.61. The Morgan fingerprint density at radius 2 is 2.19 bits per heavy atom. The number of nitrogens with one attached hydrogen (secondary N) is 1. The molecular formula is C18H26N6O2S. The first-order valence-electron chi connectivity index (χ1n) is 9.03. The van der Waals surface area contributed by atoms with Crippen LogP contribution in [-0.4, -0.2) is 64.2 Å². The highest BCUT2D eigenvalue weighted by molar-refractivity contribution is 7.92. The summed E-state index contributed by atoms with van der Waals surface area (Å²) < 4.78 is 25.4. The molecule has 3 rings (SSSR count). The van der Waals surface area contributed by atoms with Gasteiger partial charge in [-0.15, -0.1) is 0 Å². The minimum Gasteiger partial charge on any atom is -0.357 e. The third kappa shape index (κ3) is 4.29. The Morgan fingerprint density at radius 3 is 2.85 bits per heavy atom. The van der Waals surface area contributed by atoms with E-state index in [1.807, 2.05) is 36.2 Å². The van der Waals surface area contributed by atoms with Crippen LogP contribution in [0.3, 0.4) is 0 Å². The standard InChI is InChI=1S/C18H26N6O2S/c1-4-19-17(23-10-11-27(25,26)18(2,3)14-23)21-13-15-6-8-20-16(12-15)24-9-5-7-22-24/h5-9,12H,4,10-11,13-14H2,1-3H3,(H,19,21). The van der Waals surface area contributed by atoms with Crippen molar-refractivity contribution in [1.29, 1.82) is 0 Å². The zero-order valence-corrected chi connectivity index (χ0v) is 16.8. The van der Waals surface area contributed by atoms with E-state index in [9.17, 15) is 8.42 Å². The van der Waals surface area contributed by atoms with Gasteiger partial charge in [0, 0.05) is 38.2 Å². The fraction of sp³-hybridized carbons (Fsp3) is 0.500. The summed E-state index contributed by atoms with van der Waals surface area (Å²) in [4.78, 5) is 11.1. The van der Waals surface area contributed by atoms with Crippen LogP contribution in [-0.2, 0) is 16.4 Å². The van der Waals surface area contributed by atoms with Gasteiger partial charge in [-0.05, 0) is 44.5 Å². The van der Waals surface area contributed by atoms with E-state index in [1.165, 1.54) is 0 Å². The average molecular weight is 391 g/mol. The van der Waals surface area contributed by atoms with Crippen molar-refractivity contribution >= 4 is 15.8 Å². The summed E-state index contributed by atoms with van der Waals surface area (Å²) in [6.07, 6.45) is 5.29. The average Bonchev–Trinajstić information content (AvgIpc) is 3.16. The Morgan fingerprint density at radius 1 is 1.37 bits per heavy atom. The molecule has 1 fully saturated rings. The van der Waals surface area contributed by atoms with Gasteiger partial charge < -0.3 is 10.2 Å². The molecule has 1 aliphatic heterocycles. The Bertz CT molecular complexity index is 906. The summed E-state index contributed by atoms with van der Waals surface area (Å²) >= 11 is 0. The maximum atomic E-state index is 12.3. The Kier molecular flexibility index (Phi) is 5.50. The van der Waals surface area contributed by atoms with E-state index in [2.05, 4.69) is 15.4 Å². The molecule has 1 saturated heterocycles. The van der Waals surface area contributed by atoms with Crippen LogP contribution in [0.5, 0.6) is 0 Å². The highest BCUT2D eigenvalue weighted by Gasteiger charge is 2.40. The van der Waals surface area contributed by atoms with Crippen molar-refractivity contribution in [2.45, 2.75) is 32.1 Å². The number of aromatic nitrogens is 3. The Hall–Kier alpha value is -2.42. The fourth-order valence-electron chi connectivity index (χ4n) is 3.01. The lowest BCUT2D eigenvalue weighted by atomic mass is 10.2. The molecule has 0 spiro atoms. The van der Waals surface area contributed by atoms with Crippen LogP contribution in [0, 0.1) is 0 Å². The lowest BCUT2D eigenvalue weighted by Crippen LogP contribution is -2.57. The molecular weight excluding hydrogens is 364 g/mol. The number of hydrogen-bond acceptors (Lipinski definition) is 5. The number of rotatable bonds is 4. The number of sulfone groups is 1. The lowest BCUT2D eigenvalue weighted by Gasteiger charge is -2.39. The third-order valence-corrected chi connectivity index (χ3v) is 7.17. The highest BCUT2D eigenvalue weighted by Crippen LogP contribution is 2.23. The zero-order chi connectivity index (χ0) is 19.5. The number of nitrogens with zero attached hydrogens (tertiary/aromatic N) is 5. The van der Waals surface area contributed by atoms with Crippen molar-refractivity contribution in [2.75, 3.05) is 25.4 Å². The quantitative estimate of drug-likeness (QED) is 0.624. The van der Waals surface area contributed by atoms with Gasteiger partial charge in [-0.3, -0.25) is 0 Å². The van der Waals surface area contributed by atoms with E-state index >= 15 is 0 Å². The number of pyridine rings is 1. The van der Waals surface area contributed by atoms with Crippen molar-refractivity contribution in [3.05, 3.63) is 42.4 Å². The summed E-state index contributed by atoms with van der Waals surface area (Å²) in [7, 11) is -3.08. The van der Waals surface area contributed by atoms with E-state index in [1.54, 1.807) is 30.9 Å². The second-order valence-electron chi connectivity index (χ2n) is 7.14. The Balaban J connectivity index is 1.78. The van der Waals surface area contributed by atoms with Crippen LogP contribution in [0.25, 0.3) is 5.82 Å². The van der Waals surface area contributed by atoms with E-state index in [4.69, 9.17) is 4.99 Å². The highest BCUT2D eigenvalue weighted by atomic mass is 32.2. The molecule has 9 heteroatoms. The summed E-state index contributed by atoms with van der Waals surface area (Å²) in [5, 5.41) is 7.47. The topological polar surface area (TPSA) is 92.5 Å². The third-order valence-electron chi connectivity index (χ3n) is 4.64. The van der Waals surface area contributed by atoms with Gasteiger partial charge >= 0.3 is 0 Å². The predicted molar refractivity (Wildman–Crippen MR) is 106 cm³/mol. The second-order valence-corrected chi connectivity index (χ2v) is 9.89. The maximum Gasteiger partial charge on any atom is 0.194 e. The van der Waals surface area contributed by atoms with Crippen molar-refractivity contribution in [1.82, 2.24) is 25.0 Å². The van der Waals surface area contributed by atoms with Crippen LogP contribution in [0.2, 0.25) is 0 Å². The van der Waals surface area contributed by atoms with Gasteiger partial charge in [-0.25, -0.2) is 23.1 Å². The molecule has 0 amide bonds. The lowest BCUT2D eigenvalue weighted by molar-refractivity contribution is 0.353. The summed E-state index contributed by atoms with van der Waals surface area (Å²) in [6.45, 7) is 7.63. The van der Waals surface area contributed by atoms with Crippen molar-refractivity contribution in [3.8, 4) is 5.82 Å². The van der Waals surface area contributed by atoms with Crippen LogP contribution < -0.4 is 5.32 Å². The molecule has 1 aliphatic rings. The van der Waals surface area contributed by atoms with Gasteiger partial charge in [0.1, 0.15) is 0 Å². The predicted octanol–water partition coefficient (Wildman–Crippen LogP) is 1.24. The summed E-state index contributed by atoms with van der Waals surface area (Å²) in [6, 6.07) is 5.72. The van der Waals surface area contributed by atoms with Crippen molar-refractivity contribution in [3.63, 3.8) is 0 Å². The van der Waals surface area contributed by atoms with Gasteiger partial charge in [0.2, 0.25) is 0 Å². The van der Waals surface area contributed by atoms with Gasteiger partial charge in [0.25, 0.3) is 0 Å². The fourth-order valence-corrected chi connectivity index (χ4v) is 4.37. The van der Waals surface area contributed by atoms with E-state index in [0.717, 1.165) is 23.9 Å². The molecule has 2 aromatic rings. The van der Waals surface area contributed by atoms with E-state index in [-0.39, 0.29) is 5.75 Å². The summed E-state index contributed by atoms with van der Waals surface area (Å²) in [5.41, 5.74) is 1.01. The first-order chi connectivity index (χ1) is 12.8. The molecule has 0 bridgehead atoms. The van der Waals surface area contributed by atoms with Crippen LogP contribution in [0.1, 0.15) is 26.3 Å². The largest absolute Gasteiger partial charge is 0.357 e. The first kappa shape index (κ1) is 19.3. The molecule has 8 nitrogen and oxygen atoms in total. The molecule has 146 valence electrons. The SMILES string of the molecule is CCNC(=NCc1ccnc(-n2cccn2)c1)N1CCS(=O)(=O)C(C)(C)C1. The van der Waals surface area contributed by atoms with Gasteiger partial charge in [-0.1, -0.05) is 0 Å². The number of guanidine groups is 1. The van der Waals surface area contributed by atoms with E-state index in [0.29, 0.717) is 19.6 Å². The maximum absolute atomic E-state index is 12.3. The molecule has 0 aromatic carbocycles. The monoisotopic (exact) mass is 390 g/mol. The molecule has 2 aromatic heterocycles. The minimum atomic E-state index is -3.08. The van der Waals surface area contributed by atoms with Crippen molar-refractivity contribution in [2.24, 2.45) is 4.99 Å². The molecule has 0 saturated carbocycles. The van der Waals surface area contributed by atoms with Gasteiger partial charge in [0.05, 0.1) is 17.0 Å². The number of aliphatic imine (C=N–C) groups is 1. The van der Waals surface area contributed by atoms with E-state index < -0.39 is 14.6 Å². The van der Waals surface area contributed by atoms with Crippen LogP contribution >= 0.6 is 0 Å². The van der Waals surface area contributed by atoms with Gasteiger partial charge in [0.15, 0.2) is 21.6 Å². The first-order valence-corrected chi connectivity index (χ1v) is 10.7. The van der Waals surface area contributed by atoms with Crippen LogP contribution in [0.15, 0.2) is 41.8 Å². The molecule has 0 atom stereocenters. The molecule has 27 heavy (non-hydrogen) atoms. The normalized spacial score (nSPS) is 19.1. The Labute approximate surface area is 160 Å². The van der Waals surface area contributed by atoms with Crippen molar-refractivity contribution < 1.29 is 8.42 Å². The second kappa shape index (κ2) is 7.67. The molecule has 3 heterocycles. The molecule has 1 N–H and O–H groups in total.